The lowest BCUT2D eigenvalue weighted by atomic mass is 10.1. The Hall–Kier alpha value is -2.61. The maximum Gasteiger partial charge on any atom is 0.306 e. The molecule has 2 aromatic rings. The van der Waals surface area contributed by atoms with Crippen molar-refractivity contribution in [3.05, 3.63) is 35.9 Å². The number of pyridine rings is 1. The molecule has 1 saturated carbocycles. The van der Waals surface area contributed by atoms with E-state index in [0.717, 1.165) is 17.3 Å². The van der Waals surface area contributed by atoms with E-state index in [9.17, 15) is 10.1 Å². The van der Waals surface area contributed by atoms with Gasteiger partial charge in [-0.05, 0) is 31.4 Å². The molecule has 1 aromatic heterocycles. The van der Waals surface area contributed by atoms with Crippen molar-refractivity contribution in [1.29, 1.82) is 5.26 Å². The molecule has 1 fully saturated rings. The topological polar surface area (TPSA) is 86.0 Å². The maximum absolute atomic E-state index is 11.0. The molecule has 0 amide bonds. The van der Waals surface area contributed by atoms with Crippen molar-refractivity contribution in [2.24, 2.45) is 5.92 Å². The molecule has 0 spiro atoms. The first-order chi connectivity index (χ1) is 10.2. The summed E-state index contributed by atoms with van der Waals surface area (Å²) in [7, 11) is 0. The van der Waals surface area contributed by atoms with Gasteiger partial charge in [-0.15, -0.1) is 0 Å². The van der Waals surface area contributed by atoms with Crippen LogP contribution >= 0.6 is 0 Å². The van der Waals surface area contributed by atoms with Gasteiger partial charge in [-0.3, -0.25) is 4.79 Å². The fourth-order valence-corrected chi connectivity index (χ4v) is 2.84. The average molecular weight is 281 g/mol. The van der Waals surface area contributed by atoms with Crippen LogP contribution in [0.2, 0.25) is 0 Å². The zero-order valence-electron chi connectivity index (χ0n) is 11.4. The van der Waals surface area contributed by atoms with E-state index >= 15 is 0 Å². The number of fused-ring (bicyclic) bond motifs is 1. The van der Waals surface area contributed by atoms with Crippen LogP contribution in [0.15, 0.2) is 30.3 Å². The first-order valence-corrected chi connectivity index (χ1v) is 6.96. The molecule has 106 valence electrons. The second-order valence-electron chi connectivity index (χ2n) is 5.38. The maximum atomic E-state index is 11.0. The van der Waals surface area contributed by atoms with Gasteiger partial charge in [0, 0.05) is 11.4 Å². The molecule has 5 heteroatoms. The van der Waals surface area contributed by atoms with Crippen molar-refractivity contribution in [2.45, 2.75) is 25.3 Å². The zero-order chi connectivity index (χ0) is 14.8. The van der Waals surface area contributed by atoms with Crippen molar-refractivity contribution < 1.29 is 9.90 Å². The highest BCUT2D eigenvalue weighted by atomic mass is 16.4. The summed E-state index contributed by atoms with van der Waals surface area (Å²) in [5.74, 6) is -0.494. The van der Waals surface area contributed by atoms with E-state index in [0.29, 0.717) is 24.2 Å². The number of para-hydroxylation sites is 1. The summed E-state index contributed by atoms with van der Waals surface area (Å²) < 4.78 is 0. The second-order valence-corrected chi connectivity index (χ2v) is 5.38. The van der Waals surface area contributed by atoms with E-state index in [1.54, 1.807) is 0 Å². The molecule has 0 saturated heterocycles. The normalized spacial score (nSPS) is 21.1. The number of aliphatic carboxylic acids is 1. The molecule has 3 rings (SSSR count). The zero-order valence-corrected chi connectivity index (χ0v) is 11.4. The van der Waals surface area contributed by atoms with Crippen LogP contribution in [0, 0.1) is 17.2 Å². The monoisotopic (exact) mass is 281 g/mol. The van der Waals surface area contributed by atoms with Gasteiger partial charge in [-0.25, -0.2) is 4.98 Å². The van der Waals surface area contributed by atoms with Crippen molar-refractivity contribution >= 4 is 22.7 Å². The quantitative estimate of drug-likeness (QED) is 0.903. The van der Waals surface area contributed by atoms with Crippen LogP contribution in [0.5, 0.6) is 0 Å². The van der Waals surface area contributed by atoms with Crippen LogP contribution in [-0.2, 0) is 4.79 Å². The van der Waals surface area contributed by atoms with E-state index in [4.69, 9.17) is 5.11 Å². The summed E-state index contributed by atoms with van der Waals surface area (Å²) in [6, 6.07) is 11.7. The van der Waals surface area contributed by atoms with Crippen molar-refractivity contribution in [1.82, 2.24) is 4.98 Å². The van der Waals surface area contributed by atoms with Gasteiger partial charge in [-0.2, -0.15) is 5.26 Å². The molecule has 1 aromatic carbocycles. The Bertz CT molecular complexity index is 736. The predicted molar refractivity (Wildman–Crippen MR) is 78.8 cm³/mol. The first-order valence-electron chi connectivity index (χ1n) is 6.96. The molecule has 2 atom stereocenters. The molecular formula is C16H15N3O2. The molecule has 0 bridgehead atoms. The molecule has 5 nitrogen and oxygen atoms in total. The van der Waals surface area contributed by atoms with Gasteiger partial charge in [0.25, 0.3) is 0 Å². The largest absolute Gasteiger partial charge is 0.481 e. The lowest BCUT2D eigenvalue weighted by molar-refractivity contribution is -0.141. The van der Waals surface area contributed by atoms with Gasteiger partial charge in [-0.1, -0.05) is 18.2 Å². The number of carboxylic acids is 1. The first kappa shape index (κ1) is 13.4. The minimum absolute atomic E-state index is 0.0619. The second kappa shape index (κ2) is 5.41. The molecule has 0 aliphatic heterocycles. The van der Waals surface area contributed by atoms with Crippen LogP contribution in [0.4, 0.5) is 5.82 Å². The van der Waals surface area contributed by atoms with E-state index in [1.807, 2.05) is 30.3 Å². The highest BCUT2D eigenvalue weighted by molar-refractivity contribution is 5.82. The van der Waals surface area contributed by atoms with Crippen LogP contribution in [0.25, 0.3) is 10.9 Å². The minimum Gasteiger partial charge on any atom is -0.481 e. The molecule has 2 N–H and O–H groups in total. The van der Waals surface area contributed by atoms with Gasteiger partial charge in [0.05, 0.1) is 17.0 Å². The Labute approximate surface area is 122 Å². The molecule has 1 aliphatic rings. The van der Waals surface area contributed by atoms with E-state index < -0.39 is 5.97 Å². The fraction of sp³-hybridized carbons (Fsp3) is 0.312. The Balaban J connectivity index is 1.87. The Morgan fingerprint density at radius 2 is 2.19 bits per heavy atom. The summed E-state index contributed by atoms with van der Waals surface area (Å²) in [6.07, 6.45) is 2.04. The lowest BCUT2D eigenvalue weighted by Gasteiger charge is -2.14. The summed E-state index contributed by atoms with van der Waals surface area (Å²) in [4.78, 5) is 15.5. The van der Waals surface area contributed by atoms with Crippen LogP contribution in [0.1, 0.15) is 24.8 Å². The number of hydrogen-bond acceptors (Lipinski definition) is 4. The number of nitrogens with one attached hydrogen (secondary N) is 1. The van der Waals surface area contributed by atoms with Gasteiger partial charge in [0.15, 0.2) is 0 Å². The number of rotatable bonds is 3. The molecule has 0 unspecified atom stereocenters. The third-order valence-corrected chi connectivity index (χ3v) is 3.97. The molecule has 0 radical (unpaired) electrons. The predicted octanol–water partition coefficient (Wildman–Crippen LogP) is 2.77. The van der Waals surface area contributed by atoms with Gasteiger partial charge in [0.1, 0.15) is 11.9 Å². The average Bonchev–Trinajstić information content (AvgIpc) is 2.95. The van der Waals surface area contributed by atoms with Crippen LogP contribution in [0.3, 0.4) is 0 Å². The summed E-state index contributed by atoms with van der Waals surface area (Å²) in [6.45, 7) is 0. The van der Waals surface area contributed by atoms with Crippen LogP contribution < -0.4 is 5.32 Å². The number of anilines is 1. The summed E-state index contributed by atoms with van der Waals surface area (Å²) >= 11 is 0. The number of nitriles is 1. The molecule has 1 heterocycles. The lowest BCUT2D eigenvalue weighted by Crippen LogP contribution is -2.19. The van der Waals surface area contributed by atoms with Crippen molar-refractivity contribution in [3.63, 3.8) is 0 Å². The van der Waals surface area contributed by atoms with Crippen molar-refractivity contribution in [2.75, 3.05) is 5.32 Å². The smallest absolute Gasteiger partial charge is 0.306 e. The van der Waals surface area contributed by atoms with Gasteiger partial charge in [0.2, 0.25) is 0 Å². The summed E-state index contributed by atoms with van der Waals surface area (Å²) in [5, 5.41) is 22.5. The highest BCUT2D eigenvalue weighted by Crippen LogP contribution is 2.29. The van der Waals surface area contributed by atoms with E-state index in [-0.39, 0.29) is 12.0 Å². The Kier molecular flexibility index (Phi) is 3.44. The SMILES string of the molecule is N#Cc1cc2ccccc2nc1N[C@H]1CC[C@@H](C(=O)O)C1. The van der Waals surface area contributed by atoms with E-state index in [1.165, 1.54) is 0 Å². The number of carbonyl (C=O) groups is 1. The minimum atomic E-state index is -0.744. The Morgan fingerprint density at radius 3 is 2.90 bits per heavy atom. The van der Waals surface area contributed by atoms with E-state index in [2.05, 4.69) is 16.4 Å². The number of nitrogens with zero attached hydrogens (tertiary/aromatic N) is 2. The van der Waals surface area contributed by atoms with Crippen LogP contribution in [-0.4, -0.2) is 22.1 Å². The molecule has 1 aliphatic carbocycles. The standard InChI is InChI=1S/C16H15N3O2/c17-9-12-7-10-3-1-2-4-14(10)19-15(12)18-13-6-5-11(8-13)16(20)21/h1-4,7,11,13H,5-6,8H2,(H,18,19)(H,20,21)/t11-,13+/m1/s1. The Morgan fingerprint density at radius 1 is 1.38 bits per heavy atom. The number of aromatic nitrogens is 1. The molecule has 21 heavy (non-hydrogen) atoms. The third kappa shape index (κ3) is 2.65. The number of benzene rings is 1. The molecular weight excluding hydrogens is 266 g/mol. The van der Waals surface area contributed by atoms with Crippen molar-refractivity contribution in [3.8, 4) is 6.07 Å². The summed E-state index contributed by atoms with van der Waals surface area (Å²) in [5.41, 5.74) is 1.32. The van der Waals surface area contributed by atoms with Gasteiger partial charge < -0.3 is 10.4 Å². The number of carboxylic acid groups (broad SMARTS) is 1. The highest BCUT2D eigenvalue weighted by Gasteiger charge is 2.30. The van der Waals surface area contributed by atoms with Gasteiger partial charge >= 0.3 is 5.97 Å². The third-order valence-electron chi connectivity index (χ3n) is 3.97. The fourth-order valence-electron chi connectivity index (χ4n) is 2.84. The number of hydrogen-bond donors (Lipinski definition) is 2.